The van der Waals surface area contributed by atoms with E-state index in [1.165, 1.54) is 28.4 Å². The molecule has 34 heteroatoms. The first-order valence-corrected chi connectivity index (χ1v) is 51.4. The van der Waals surface area contributed by atoms with E-state index in [2.05, 4.69) is 49.3 Å². The number of rotatable bonds is 10. The minimum atomic E-state index is -3.08. The maximum atomic E-state index is 12.5. The second kappa shape index (κ2) is 43.2. The van der Waals surface area contributed by atoms with Crippen molar-refractivity contribution in [2.45, 2.75) is 198 Å². The summed E-state index contributed by atoms with van der Waals surface area (Å²) < 4.78 is 120. The van der Waals surface area contributed by atoms with Crippen LogP contribution in [-0.2, 0) is 114 Å². The molecule has 0 spiro atoms. The number of aromatic nitrogens is 4. The Labute approximate surface area is 760 Å². The number of carbonyl (C=O) groups is 5. The number of imidazole rings is 2. The van der Waals surface area contributed by atoms with Crippen molar-refractivity contribution < 1.29 is 76.6 Å². The summed E-state index contributed by atoms with van der Waals surface area (Å²) in [5.41, 5.74) is 34.6. The van der Waals surface area contributed by atoms with Crippen molar-refractivity contribution in [3.05, 3.63) is 200 Å². The van der Waals surface area contributed by atoms with Gasteiger partial charge in [0.2, 0.25) is 0 Å². The van der Waals surface area contributed by atoms with Crippen LogP contribution in [0.3, 0.4) is 0 Å². The fourth-order valence-corrected chi connectivity index (χ4v) is 25.8. The highest BCUT2D eigenvalue weighted by Crippen LogP contribution is 2.44. The number of sulfone groups is 4. The Kier molecular flexibility index (Phi) is 33.3. The molecule has 127 heavy (non-hydrogen) atoms. The number of carbonyl (C=O) groups excluding carboxylic acids is 5. The number of hydrogen-bond donors (Lipinski definition) is 3. The monoisotopic (exact) mass is 1900 g/mol. The molecule has 9 aromatic rings. The summed E-state index contributed by atoms with van der Waals surface area (Å²) in [5.74, 6) is 3.73. The number of amides is 4. The molecule has 0 bridgehead atoms. The molecular weight excluding hydrogens is 1790 g/mol. The lowest BCUT2D eigenvalue weighted by Gasteiger charge is -2.35. The van der Waals surface area contributed by atoms with Gasteiger partial charge in [-0.1, -0.05) is 97.1 Å². The van der Waals surface area contributed by atoms with Crippen molar-refractivity contribution in [2.24, 2.45) is 11.7 Å². The van der Waals surface area contributed by atoms with Gasteiger partial charge in [0.1, 0.15) is 17.9 Å². The Morgan fingerprint density at radius 3 is 1.13 bits per heavy atom. The van der Waals surface area contributed by atoms with E-state index in [9.17, 15) is 57.6 Å². The van der Waals surface area contributed by atoms with E-state index in [1.54, 1.807) is 19.6 Å². The first-order valence-electron chi connectivity index (χ1n) is 43.3. The zero-order valence-corrected chi connectivity index (χ0v) is 79.1. The second-order valence-electron chi connectivity index (χ2n) is 34.0. The number of benzene rings is 7. The Hall–Kier alpha value is -9.64. The maximum absolute atomic E-state index is 12.5. The van der Waals surface area contributed by atoms with Crippen LogP contribution in [0.15, 0.2) is 144 Å². The highest BCUT2D eigenvalue weighted by molar-refractivity contribution is 9.10. The number of nitrogen functional groups attached to an aromatic ring is 2. The molecule has 8 aliphatic heterocycles. The molecule has 0 aliphatic carbocycles. The minimum absolute atomic E-state index is 0. The average molecular weight is 1910 g/mol. The van der Waals surface area contributed by atoms with Gasteiger partial charge in [-0.3, -0.25) is 19.6 Å². The van der Waals surface area contributed by atoms with Crippen molar-refractivity contribution in [3.8, 4) is 0 Å². The molecule has 17 rings (SSSR count). The molecule has 4 fully saturated rings. The molecule has 8 aliphatic rings. The van der Waals surface area contributed by atoms with Gasteiger partial charge in [0.25, 0.3) is 0 Å². The maximum Gasteiger partial charge on any atom is 0.414 e. The molecule has 686 valence electrons. The third kappa shape index (κ3) is 23.7. The zero-order chi connectivity index (χ0) is 90.5. The smallest absolute Gasteiger partial charge is 0.414 e. The summed E-state index contributed by atoms with van der Waals surface area (Å²) in [6, 6.07) is 45.4. The third-order valence-electron chi connectivity index (χ3n) is 25.0. The summed E-state index contributed by atoms with van der Waals surface area (Å²) in [7, 11) is -6.27. The molecule has 6 N–H and O–H groups in total. The van der Waals surface area contributed by atoms with Crippen molar-refractivity contribution in [2.75, 3.05) is 106 Å². The van der Waals surface area contributed by atoms with Crippen molar-refractivity contribution in [1.82, 2.24) is 19.1 Å². The molecule has 7 aromatic carbocycles. The number of ether oxygens (including phenoxy) is 4. The topological polar surface area (TPSA) is 385 Å². The van der Waals surface area contributed by atoms with Crippen molar-refractivity contribution in [1.29, 1.82) is 0 Å². The van der Waals surface area contributed by atoms with Crippen LogP contribution in [0.25, 0.3) is 22.1 Å². The van der Waals surface area contributed by atoms with Crippen LogP contribution in [0.5, 0.6) is 0 Å². The highest BCUT2D eigenvalue weighted by atomic mass is 79.9. The first kappa shape index (κ1) is 98.0. The van der Waals surface area contributed by atoms with Crippen LogP contribution in [0, 0.1) is 5.92 Å². The van der Waals surface area contributed by atoms with Crippen LogP contribution >= 0.6 is 28.3 Å². The van der Waals surface area contributed by atoms with Crippen molar-refractivity contribution >= 4 is 155 Å². The molecule has 4 amide bonds. The van der Waals surface area contributed by atoms with Gasteiger partial charge in [-0.15, -0.1) is 12.4 Å². The first-order chi connectivity index (χ1) is 60.2. The number of hydrogen-bond acceptors (Lipinski definition) is 22. The number of anilines is 6. The van der Waals surface area contributed by atoms with Gasteiger partial charge in [-0.25, -0.2) is 62.8 Å². The number of nitrogens with two attached hydrogens (primary N) is 3. The van der Waals surface area contributed by atoms with E-state index >= 15 is 0 Å². The number of halogens is 2. The van der Waals surface area contributed by atoms with E-state index in [0.29, 0.717) is 61.4 Å². The fourth-order valence-electron chi connectivity index (χ4n) is 18.7. The summed E-state index contributed by atoms with van der Waals surface area (Å²) in [6.07, 6.45) is 14.8. The molecule has 0 saturated carbocycles. The highest BCUT2D eigenvalue weighted by Gasteiger charge is 2.39. The van der Waals surface area contributed by atoms with Crippen LogP contribution < -0.4 is 36.8 Å². The van der Waals surface area contributed by atoms with E-state index in [-0.39, 0.29) is 120 Å². The number of methoxy groups -OCH3 is 4. The van der Waals surface area contributed by atoms with Crippen LogP contribution in [0.1, 0.15) is 173 Å². The number of nitrogens with zero attached hydrogens (tertiary/aromatic N) is 8. The number of aldehydes is 1. The van der Waals surface area contributed by atoms with E-state index < -0.39 is 39.3 Å². The summed E-state index contributed by atoms with van der Waals surface area (Å²) in [5, 5.41) is 0. The van der Waals surface area contributed by atoms with Gasteiger partial charge in [-0.2, -0.15) is 0 Å². The third-order valence-corrected chi connectivity index (χ3v) is 33.0. The summed E-state index contributed by atoms with van der Waals surface area (Å²) in [6.45, 7) is 8.06. The lowest BCUT2D eigenvalue weighted by molar-refractivity contribution is -0.107. The SMILES string of the molecule is COC(=O)N1c2ccc(Br)c(N)c2CC[C@@H]1C.COC(=O)N1c2ccc(CC3CCCS(=O)(=O)C3)c(N)c2CC[C@@H]1C.COC(=O)N1c2ccc3c(nc(Cc4ccccc4)n3[C@@H]3CCCS(=O)(=O)C3)c2CC[C@@H]1C.COC(=O)N1c2ccc3c(nc(Cc4ccccc4)n3[C@H]3CCCS(=O)(=O)C3)c2CC[C@@H]1C.Cl.NC1CCCS(=O)(=O)C1.O=CCc1ccccc1. The van der Waals surface area contributed by atoms with Crippen LogP contribution in [-0.4, -0.2) is 188 Å². The average Bonchev–Trinajstić information content (AvgIpc) is 1.60. The zero-order valence-electron chi connectivity index (χ0n) is 73.4. The predicted octanol–water partition coefficient (Wildman–Crippen LogP) is 15.4. The number of aryl methyl sites for hydroxylation is 2. The molecule has 2 aromatic heterocycles. The Balaban J connectivity index is 0.000000156. The van der Waals surface area contributed by atoms with E-state index in [4.69, 9.17) is 46.1 Å². The van der Waals surface area contributed by atoms with Crippen molar-refractivity contribution in [3.63, 3.8) is 0 Å². The quantitative estimate of drug-likeness (QED) is 0.0650. The second-order valence-corrected chi connectivity index (χ2v) is 43.8. The van der Waals surface area contributed by atoms with E-state index in [0.717, 1.165) is 202 Å². The lowest BCUT2D eigenvalue weighted by Crippen LogP contribution is -2.42. The number of fused-ring (bicyclic) bond motifs is 8. The minimum Gasteiger partial charge on any atom is -0.452 e. The molecule has 10 heterocycles. The largest absolute Gasteiger partial charge is 0.452 e. The van der Waals surface area contributed by atoms with Gasteiger partial charge < -0.3 is 50.1 Å². The van der Waals surface area contributed by atoms with Gasteiger partial charge in [0.15, 0.2) is 39.3 Å². The molecule has 0 radical (unpaired) electrons. The predicted molar refractivity (Wildman–Crippen MR) is 506 cm³/mol. The molecule has 8 atom stereocenters. The molecule has 28 nitrogen and oxygen atoms in total. The van der Waals surface area contributed by atoms with E-state index in [1.807, 2.05) is 143 Å². The van der Waals surface area contributed by atoms with Gasteiger partial charge in [0, 0.05) is 88.4 Å². The molecule has 2 unspecified atom stereocenters. The van der Waals surface area contributed by atoms with Crippen LogP contribution in [0.4, 0.5) is 53.3 Å². The normalized spacial score (nSPS) is 22.1. The van der Waals surface area contributed by atoms with Gasteiger partial charge in [0.05, 0.1) is 125 Å². The lowest BCUT2D eigenvalue weighted by atomic mass is 9.89. The van der Waals surface area contributed by atoms with Gasteiger partial charge >= 0.3 is 24.4 Å². The Bertz CT molecular complexity index is 5690. The Morgan fingerprint density at radius 2 is 0.764 bits per heavy atom. The fraction of sp³-hybridized carbons (Fsp3) is 0.473. The van der Waals surface area contributed by atoms with Gasteiger partial charge in [-0.05, 0) is 229 Å². The molecular formula is C93H119BrClN11O17S4. The van der Waals surface area contributed by atoms with Crippen LogP contribution in [0.2, 0.25) is 0 Å². The standard InChI is InChI=1S/2C25H29N3O4S.C18H26N2O4S.C12H15BrN2O2.C8H8O.C5H11NO2S.ClH/c2*1-17-10-11-20-21(27(17)25(29)32-2)12-13-22-24(20)26-23(15-18-7-4-3-5-8-18)28(22)19-9-6-14-33(30,31)16-19;1-12-5-7-15-16(20(12)18(21)24-2)8-6-14(17(15)19)10-13-4-3-9-25(22,23)11-13;1-7-3-4-8-10(15(7)12(16)17-2)6-5-9(13)11(8)14;9-7-6-8-4-2-1-3-5-8;6-5-2-1-3-9(7,8)4-5;/h2*3-5,7-8,12-13,17,19H,6,9-11,14-16H2,1-2H3;6,8,12-13H,3-5,7,9-11,19H2,1-2H3;5-7H,3-4,14H2,1-2H3;1-5,7H,6H2;5H,1-4,6H2;1H/t17-,19+;17-,19-;12-,13?;7-;;;/m0000.../s1. The summed E-state index contributed by atoms with van der Waals surface area (Å²) in [4.78, 5) is 75.8. The Morgan fingerprint density at radius 1 is 0.425 bits per heavy atom. The summed E-state index contributed by atoms with van der Waals surface area (Å²) >= 11 is 3.40. The molecule has 4 saturated heterocycles.